The lowest BCUT2D eigenvalue weighted by Gasteiger charge is -2.19. The van der Waals surface area contributed by atoms with E-state index in [0.717, 1.165) is 21.2 Å². The molecule has 2 aromatic carbocycles. The Morgan fingerprint density at radius 2 is 1.81 bits per heavy atom. The number of aromatic nitrogens is 2. The van der Waals surface area contributed by atoms with E-state index in [9.17, 15) is 4.79 Å². The van der Waals surface area contributed by atoms with Gasteiger partial charge in [0.1, 0.15) is 5.25 Å². The molecule has 3 aromatic rings. The van der Waals surface area contributed by atoms with E-state index in [1.165, 1.54) is 23.1 Å². The van der Waals surface area contributed by atoms with Crippen molar-refractivity contribution >= 4 is 41.2 Å². The van der Waals surface area contributed by atoms with Crippen LogP contribution < -0.4 is 0 Å². The summed E-state index contributed by atoms with van der Waals surface area (Å²) in [6.07, 6.45) is 0. The molecule has 3 rings (SSSR count). The third kappa shape index (κ3) is 4.06. The van der Waals surface area contributed by atoms with Crippen molar-refractivity contribution in [3.05, 3.63) is 69.7 Å². The maximum atomic E-state index is 12.7. The predicted octanol–water partition coefficient (Wildman–Crippen LogP) is 4.89. The summed E-state index contributed by atoms with van der Waals surface area (Å²) in [5, 5.41) is 4.32. The fourth-order valence-electron chi connectivity index (χ4n) is 2.49. The molecule has 0 aliphatic rings. The van der Waals surface area contributed by atoms with Gasteiger partial charge in [-0.25, -0.2) is 4.68 Å². The van der Waals surface area contributed by atoms with E-state index in [1.807, 2.05) is 61.5 Å². The van der Waals surface area contributed by atoms with Crippen molar-refractivity contribution in [2.75, 3.05) is 14.1 Å². The van der Waals surface area contributed by atoms with E-state index >= 15 is 0 Å². The molecule has 0 saturated heterocycles. The number of nitrogens with zero attached hydrogens (tertiary/aromatic N) is 3. The summed E-state index contributed by atoms with van der Waals surface area (Å²) in [5.41, 5.74) is 3.03. The molecule has 26 heavy (non-hydrogen) atoms. The largest absolute Gasteiger partial charge is 0.348 e. The van der Waals surface area contributed by atoms with Crippen LogP contribution in [0.5, 0.6) is 0 Å². The first-order valence-corrected chi connectivity index (χ1v) is 10.2. The van der Waals surface area contributed by atoms with E-state index in [-0.39, 0.29) is 11.2 Å². The molecular formula is C19H19N3OS3. The number of hydrogen-bond donors (Lipinski definition) is 0. The van der Waals surface area contributed by atoms with Gasteiger partial charge in [-0.1, -0.05) is 71.6 Å². The number of carbonyl (C=O) groups is 1. The van der Waals surface area contributed by atoms with E-state index in [2.05, 4.69) is 5.10 Å². The van der Waals surface area contributed by atoms with Crippen LogP contribution >= 0.6 is 35.3 Å². The van der Waals surface area contributed by atoms with E-state index in [4.69, 9.17) is 12.2 Å². The molecule has 0 aliphatic heterocycles. The summed E-state index contributed by atoms with van der Waals surface area (Å²) in [7, 11) is 3.54. The number of rotatable bonds is 5. The van der Waals surface area contributed by atoms with Crippen LogP contribution in [0, 0.1) is 10.9 Å². The Kier molecular flexibility index (Phi) is 5.90. The number of para-hydroxylation sites is 1. The van der Waals surface area contributed by atoms with Crippen LogP contribution in [-0.4, -0.2) is 34.7 Å². The smallest absolute Gasteiger partial charge is 0.240 e. The number of thioether (sulfide) groups is 1. The summed E-state index contributed by atoms with van der Waals surface area (Å²) in [5.74, 6) is 0.0322. The first kappa shape index (κ1) is 18.8. The van der Waals surface area contributed by atoms with Gasteiger partial charge in [0.2, 0.25) is 5.91 Å². The van der Waals surface area contributed by atoms with Gasteiger partial charge in [-0.2, -0.15) is 0 Å². The molecular weight excluding hydrogens is 382 g/mol. The molecule has 1 atom stereocenters. The molecule has 1 amide bonds. The second kappa shape index (κ2) is 8.16. The third-order valence-corrected chi connectivity index (χ3v) is 6.42. The van der Waals surface area contributed by atoms with Gasteiger partial charge in [0.25, 0.3) is 0 Å². The maximum absolute atomic E-state index is 12.7. The monoisotopic (exact) mass is 401 g/mol. The topological polar surface area (TPSA) is 38.1 Å². The number of aryl methyl sites for hydroxylation is 1. The number of likely N-dealkylation sites (N-methyl/N-ethyl adjacent to an activating group) is 1. The number of amides is 1. The molecule has 134 valence electrons. The fraction of sp³-hybridized carbons (Fsp3) is 0.211. The Bertz CT molecular complexity index is 963. The Hall–Kier alpha value is -1.96. The molecule has 0 radical (unpaired) electrons. The van der Waals surface area contributed by atoms with Crippen molar-refractivity contribution in [3.8, 4) is 5.69 Å². The summed E-state index contributed by atoms with van der Waals surface area (Å²) in [6.45, 7) is 2.03. The van der Waals surface area contributed by atoms with Crippen LogP contribution in [0.4, 0.5) is 0 Å². The Balaban J connectivity index is 1.96. The minimum Gasteiger partial charge on any atom is -0.348 e. The highest BCUT2D eigenvalue weighted by molar-refractivity contribution is 8.02. The predicted molar refractivity (Wildman–Crippen MR) is 111 cm³/mol. The molecule has 1 heterocycles. The number of hydrogen-bond acceptors (Lipinski definition) is 5. The average molecular weight is 402 g/mol. The van der Waals surface area contributed by atoms with E-state index in [0.29, 0.717) is 3.95 Å². The molecule has 7 heteroatoms. The standard InChI is InChI=1S/C19H19N3OS3/c1-13-9-7-8-12-15(13)22-19(24)26-18(20-22)25-16(17(23)21(2)3)14-10-5-4-6-11-14/h4-12,16H,1-3H3/t16-/m1/s1. The van der Waals surface area contributed by atoms with Crippen molar-refractivity contribution in [2.24, 2.45) is 0 Å². The van der Waals surface area contributed by atoms with Crippen molar-refractivity contribution < 1.29 is 4.79 Å². The van der Waals surface area contributed by atoms with Crippen LogP contribution in [0.1, 0.15) is 16.4 Å². The van der Waals surface area contributed by atoms with Crippen molar-refractivity contribution in [1.29, 1.82) is 0 Å². The molecule has 0 saturated carbocycles. The third-order valence-electron chi connectivity index (χ3n) is 3.86. The minimum absolute atomic E-state index is 0.0322. The number of carbonyl (C=O) groups excluding carboxylic acids is 1. The zero-order chi connectivity index (χ0) is 18.7. The zero-order valence-corrected chi connectivity index (χ0v) is 17.2. The highest BCUT2D eigenvalue weighted by Crippen LogP contribution is 2.38. The summed E-state index contributed by atoms with van der Waals surface area (Å²) in [4.78, 5) is 14.3. The lowest BCUT2D eigenvalue weighted by Crippen LogP contribution is -2.26. The lowest BCUT2D eigenvalue weighted by atomic mass is 10.1. The molecule has 0 aliphatic carbocycles. The maximum Gasteiger partial charge on any atom is 0.240 e. The van der Waals surface area contributed by atoms with Gasteiger partial charge in [-0.15, -0.1) is 5.10 Å². The molecule has 0 spiro atoms. The van der Waals surface area contributed by atoms with Crippen molar-refractivity contribution in [1.82, 2.24) is 14.7 Å². The molecule has 4 nitrogen and oxygen atoms in total. The normalized spacial score (nSPS) is 12.0. The van der Waals surface area contributed by atoms with Crippen LogP contribution in [0.15, 0.2) is 58.9 Å². The van der Waals surface area contributed by atoms with Crippen LogP contribution in [0.2, 0.25) is 0 Å². The summed E-state index contributed by atoms with van der Waals surface area (Å²) >= 11 is 8.38. The molecule has 0 fully saturated rings. The molecule has 0 bridgehead atoms. The summed E-state index contributed by atoms with van der Waals surface area (Å²) < 4.78 is 3.23. The molecule has 0 unspecified atom stereocenters. The fourth-order valence-corrected chi connectivity index (χ4v) is 5.17. The van der Waals surface area contributed by atoms with Gasteiger partial charge < -0.3 is 4.90 Å². The first-order valence-electron chi connectivity index (χ1n) is 8.06. The SMILES string of the molecule is Cc1ccccc1-n1nc(S[C@@H](C(=O)N(C)C)c2ccccc2)sc1=S. The zero-order valence-electron chi connectivity index (χ0n) is 14.7. The van der Waals surface area contributed by atoms with Crippen molar-refractivity contribution in [3.63, 3.8) is 0 Å². The van der Waals surface area contributed by atoms with Gasteiger partial charge >= 0.3 is 0 Å². The van der Waals surface area contributed by atoms with Gasteiger partial charge in [0.15, 0.2) is 8.29 Å². The quantitative estimate of drug-likeness (QED) is 0.450. The molecule has 0 N–H and O–H groups in total. The van der Waals surface area contributed by atoms with E-state index < -0.39 is 0 Å². The van der Waals surface area contributed by atoms with Gasteiger partial charge in [0.05, 0.1) is 5.69 Å². The van der Waals surface area contributed by atoms with Gasteiger partial charge in [-0.05, 0) is 36.3 Å². The highest BCUT2D eigenvalue weighted by Gasteiger charge is 2.25. The van der Waals surface area contributed by atoms with Gasteiger partial charge in [-0.3, -0.25) is 4.79 Å². The number of benzene rings is 2. The highest BCUT2D eigenvalue weighted by atomic mass is 32.2. The lowest BCUT2D eigenvalue weighted by molar-refractivity contribution is -0.128. The van der Waals surface area contributed by atoms with E-state index in [1.54, 1.807) is 23.7 Å². The molecule has 1 aromatic heterocycles. The van der Waals surface area contributed by atoms with Crippen LogP contribution in [-0.2, 0) is 4.79 Å². The van der Waals surface area contributed by atoms with Crippen LogP contribution in [0.25, 0.3) is 5.69 Å². The first-order chi connectivity index (χ1) is 12.5. The van der Waals surface area contributed by atoms with Crippen LogP contribution in [0.3, 0.4) is 0 Å². The second-order valence-corrected chi connectivity index (χ2v) is 8.95. The van der Waals surface area contributed by atoms with Crippen molar-refractivity contribution in [2.45, 2.75) is 16.5 Å². The second-order valence-electron chi connectivity index (χ2n) is 5.97. The average Bonchev–Trinajstić information content (AvgIpc) is 3.00. The van der Waals surface area contributed by atoms with Gasteiger partial charge in [0, 0.05) is 14.1 Å². The summed E-state index contributed by atoms with van der Waals surface area (Å²) in [6, 6.07) is 17.8. The Morgan fingerprint density at radius 1 is 1.15 bits per heavy atom. The Morgan fingerprint density at radius 3 is 2.46 bits per heavy atom. The minimum atomic E-state index is -0.350. The Labute approximate surface area is 166 Å².